The van der Waals surface area contributed by atoms with Crippen LogP contribution in [0.1, 0.15) is 24.6 Å². The van der Waals surface area contributed by atoms with Gasteiger partial charge in [0.25, 0.3) is 0 Å². The van der Waals surface area contributed by atoms with E-state index in [-0.39, 0.29) is 11.9 Å². The maximum absolute atomic E-state index is 13.2. The minimum atomic E-state index is -0.359. The van der Waals surface area contributed by atoms with Gasteiger partial charge in [-0.05, 0) is 59.1 Å². The number of methoxy groups -OCH3 is 1. The van der Waals surface area contributed by atoms with E-state index in [0.29, 0.717) is 4.47 Å². The highest BCUT2D eigenvalue weighted by molar-refractivity contribution is 9.10. The second kappa shape index (κ2) is 7.94. The van der Waals surface area contributed by atoms with E-state index in [1.807, 2.05) is 30.3 Å². The summed E-state index contributed by atoms with van der Waals surface area (Å²) in [5.74, 6) is 0.442. The summed E-state index contributed by atoms with van der Waals surface area (Å²) >= 11 is 3.39. The molecule has 0 fully saturated rings. The van der Waals surface area contributed by atoms with Crippen molar-refractivity contribution >= 4 is 21.6 Å². The summed E-state index contributed by atoms with van der Waals surface area (Å²) in [6.07, 6.45) is 4.74. The van der Waals surface area contributed by atoms with Gasteiger partial charge in [-0.1, -0.05) is 6.08 Å². The predicted molar refractivity (Wildman–Crippen MR) is 90.7 cm³/mol. The molecule has 0 bridgehead atoms. The second-order valence-electron chi connectivity index (χ2n) is 4.81. The smallest absolute Gasteiger partial charge is 0.142 e. The number of allylic oxidation sites excluding steroid dienone is 1. The summed E-state index contributed by atoms with van der Waals surface area (Å²) in [5, 5.41) is 3.42. The Bertz CT molecular complexity index is 631. The first kappa shape index (κ1) is 16.5. The highest BCUT2D eigenvalue weighted by Gasteiger charge is 2.16. The van der Waals surface area contributed by atoms with Gasteiger partial charge in [0, 0.05) is 10.2 Å². The van der Waals surface area contributed by atoms with E-state index in [9.17, 15) is 4.39 Å². The lowest BCUT2D eigenvalue weighted by atomic mass is 10.1. The summed E-state index contributed by atoms with van der Waals surface area (Å²) in [5.41, 5.74) is 1.73. The molecule has 1 heterocycles. The number of aromatic nitrogens is 1. The lowest BCUT2D eigenvalue weighted by molar-refractivity contribution is 0.415. The molecule has 116 valence electrons. The van der Waals surface area contributed by atoms with Gasteiger partial charge in [-0.2, -0.15) is 0 Å². The molecule has 2 aromatic rings. The Hall–Kier alpha value is -1.88. The van der Waals surface area contributed by atoms with E-state index in [4.69, 9.17) is 4.74 Å². The van der Waals surface area contributed by atoms with Crippen LogP contribution in [0.2, 0.25) is 0 Å². The van der Waals surface area contributed by atoms with E-state index in [1.54, 1.807) is 7.11 Å². The Kier molecular flexibility index (Phi) is 5.95. The number of rotatable bonds is 7. The number of pyridine rings is 1. The third-order valence-electron chi connectivity index (χ3n) is 3.26. The molecule has 3 nitrogen and oxygen atoms in total. The number of nitrogens with one attached hydrogen (secondary N) is 1. The monoisotopic (exact) mass is 364 g/mol. The van der Waals surface area contributed by atoms with Gasteiger partial charge in [0.15, 0.2) is 0 Å². The van der Waals surface area contributed by atoms with Crippen LogP contribution >= 0.6 is 15.9 Å². The number of hydrogen-bond donors (Lipinski definition) is 1. The Morgan fingerprint density at radius 1 is 1.41 bits per heavy atom. The van der Waals surface area contributed by atoms with Crippen LogP contribution in [0.4, 0.5) is 10.1 Å². The Morgan fingerprint density at radius 3 is 2.73 bits per heavy atom. The largest absolute Gasteiger partial charge is 0.497 e. The van der Waals surface area contributed by atoms with Crippen molar-refractivity contribution in [2.75, 3.05) is 12.4 Å². The Labute approximate surface area is 138 Å². The van der Waals surface area contributed by atoms with Crippen LogP contribution in [0.3, 0.4) is 0 Å². The minimum Gasteiger partial charge on any atom is -0.497 e. The zero-order chi connectivity index (χ0) is 15.9. The van der Waals surface area contributed by atoms with E-state index >= 15 is 0 Å². The van der Waals surface area contributed by atoms with Gasteiger partial charge in [-0.25, -0.2) is 4.39 Å². The van der Waals surface area contributed by atoms with Crippen molar-refractivity contribution in [3.8, 4) is 5.75 Å². The molecule has 1 aromatic heterocycles. The van der Waals surface area contributed by atoms with E-state index < -0.39 is 0 Å². The summed E-state index contributed by atoms with van der Waals surface area (Å²) in [6, 6.07) is 9.05. The normalized spacial score (nSPS) is 11.8. The van der Waals surface area contributed by atoms with Crippen molar-refractivity contribution in [1.29, 1.82) is 0 Å². The molecule has 22 heavy (non-hydrogen) atoms. The molecule has 2 rings (SSSR count). The number of benzene rings is 1. The summed E-state index contributed by atoms with van der Waals surface area (Å²) in [6.45, 7) is 3.76. The molecule has 1 aromatic carbocycles. The molecule has 0 unspecified atom stereocenters. The third kappa shape index (κ3) is 4.31. The van der Waals surface area contributed by atoms with Gasteiger partial charge in [0.05, 0.1) is 25.0 Å². The molecule has 0 amide bonds. The van der Waals surface area contributed by atoms with Gasteiger partial charge in [0.1, 0.15) is 11.6 Å². The summed E-state index contributed by atoms with van der Waals surface area (Å²) in [4.78, 5) is 4.22. The first-order valence-electron chi connectivity index (χ1n) is 6.96. The molecule has 5 heteroatoms. The van der Waals surface area contributed by atoms with Crippen molar-refractivity contribution < 1.29 is 9.13 Å². The van der Waals surface area contributed by atoms with Crippen LogP contribution in [0, 0.1) is 5.82 Å². The highest BCUT2D eigenvalue weighted by Crippen LogP contribution is 2.29. The first-order chi connectivity index (χ1) is 10.6. The van der Waals surface area contributed by atoms with Gasteiger partial charge in [0.2, 0.25) is 0 Å². The number of hydrogen-bond acceptors (Lipinski definition) is 3. The zero-order valence-corrected chi connectivity index (χ0v) is 13.9. The molecular weight excluding hydrogens is 347 g/mol. The lowest BCUT2D eigenvalue weighted by Crippen LogP contribution is -2.13. The van der Waals surface area contributed by atoms with Crippen LogP contribution in [-0.2, 0) is 0 Å². The maximum atomic E-state index is 13.2. The quantitative estimate of drug-likeness (QED) is 0.693. The average Bonchev–Trinajstić information content (AvgIpc) is 2.52. The molecule has 0 aliphatic carbocycles. The number of ether oxygens (including phenoxy) is 1. The second-order valence-corrected chi connectivity index (χ2v) is 5.67. The molecule has 0 radical (unpaired) electrons. The third-order valence-corrected chi connectivity index (χ3v) is 3.89. The van der Waals surface area contributed by atoms with Crippen molar-refractivity contribution in [2.45, 2.75) is 18.9 Å². The van der Waals surface area contributed by atoms with Gasteiger partial charge < -0.3 is 10.1 Å². The van der Waals surface area contributed by atoms with E-state index in [2.05, 4.69) is 32.8 Å². The van der Waals surface area contributed by atoms with Crippen molar-refractivity contribution in [3.63, 3.8) is 0 Å². The fourth-order valence-electron chi connectivity index (χ4n) is 2.13. The Morgan fingerprint density at radius 2 is 2.14 bits per heavy atom. The summed E-state index contributed by atoms with van der Waals surface area (Å²) < 4.78 is 19.0. The number of nitrogens with zero attached hydrogens (tertiary/aromatic N) is 1. The summed E-state index contributed by atoms with van der Waals surface area (Å²) in [7, 11) is 1.63. The van der Waals surface area contributed by atoms with Gasteiger partial charge in [-0.15, -0.1) is 6.58 Å². The maximum Gasteiger partial charge on any atom is 0.142 e. The molecule has 1 N–H and O–H groups in total. The molecular formula is C17H18BrFN2O. The SMILES string of the molecule is C=CCC[C@H](Nc1ccc(OC)cc1)c1ncc(F)cc1Br. The topological polar surface area (TPSA) is 34.1 Å². The molecule has 0 saturated carbocycles. The molecule has 0 spiro atoms. The fourth-order valence-corrected chi connectivity index (χ4v) is 2.73. The van der Waals surface area contributed by atoms with E-state index in [0.717, 1.165) is 30.0 Å². The fraction of sp³-hybridized carbons (Fsp3) is 0.235. The van der Waals surface area contributed by atoms with Gasteiger partial charge >= 0.3 is 0 Å². The van der Waals surface area contributed by atoms with Gasteiger partial charge in [-0.3, -0.25) is 4.98 Å². The molecule has 0 aliphatic rings. The first-order valence-corrected chi connectivity index (χ1v) is 7.75. The van der Waals surface area contributed by atoms with Crippen molar-refractivity contribution in [1.82, 2.24) is 4.98 Å². The lowest BCUT2D eigenvalue weighted by Gasteiger charge is -2.20. The molecule has 0 aliphatic heterocycles. The highest BCUT2D eigenvalue weighted by atomic mass is 79.9. The number of halogens is 2. The van der Waals surface area contributed by atoms with Crippen LogP contribution in [-0.4, -0.2) is 12.1 Å². The molecule has 0 saturated heterocycles. The van der Waals surface area contributed by atoms with E-state index in [1.165, 1.54) is 12.3 Å². The minimum absolute atomic E-state index is 0.0404. The number of anilines is 1. The standard InChI is InChI=1S/C17H18BrFN2O/c1-3-4-5-16(17-15(18)10-12(19)11-20-17)21-13-6-8-14(22-2)9-7-13/h3,6-11,16,21H,1,4-5H2,2H3/t16-/m0/s1. The van der Waals surface area contributed by atoms with Crippen LogP contribution < -0.4 is 10.1 Å². The Balaban J connectivity index is 2.22. The van der Waals surface area contributed by atoms with Crippen molar-refractivity contribution in [2.24, 2.45) is 0 Å². The zero-order valence-electron chi connectivity index (χ0n) is 12.4. The van der Waals surface area contributed by atoms with Crippen LogP contribution in [0.25, 0.3) is 0 Å². The van der Waals surface area contributed by atoms with Crippen molar-refractivity contribution in [3.05, 3.63) is 65.2 Å². The van der Waals surface area contributed by atoms with Crippen LogP contribution in [0.5, 0.6) is 5.75 Å². The predicted octanol–water partition coefficient (Wildman–Crippen LogP) is 5.11. The average molecular weight is 365 g/mol. The van der Waals surface area contributed by atoms with Crippen LogP contribution in [0.15, 0.2) is 53.7 Å². The molecule has 1 atom stereocenters.